The highest BCUT2D eigenvalue weighted by Gasteiger charge is 2.29. The Balaban J connectivity index is 2.10. The van der Waals surface area contributed by atoms with Gasteiger partial charge in [-0.05, 0) is 6.07 Å². The van der Waals surface area contributed by atoms with Gasteiger partial charge in [-0.1, -0.05) is 0 Å². The van der Waals surface area contributed by atoms with Crippen LogP contribution in [0, 0.1) is 0 Å². The van der Waals surface area contributed by atoms with Crippen LogP contribution in [0.3, 0.4) is 0 Å². The molecular formula is C12H14N2O5. The number of hydrogen-bond donors (Lipinski definition) is 2. The first-order valence-electron chi connectivity index (χ1n) is 5.96. The summed E-state index contributed by atoms with van der Waals surface area (Å²) < 4.78 is 16.0. The molecule has 0 bridgehead atoms. The molecule has 0 aromatic heterocycles. The second kappa shape index (κ2) is 4.51. The van der Waals surface area contributed by atoms with Gasteiger partial charge in [0.25, 0.3) is 0 Å². The summed E-state index contributed by atoms with van der Waals surface area (Å²) in [6.45, 7) is 2.61. The van der Waals surface area contributed by atoms with E-state index in [2.05, 4.69) is 0 Å². The molecule has 0 saturated carbocycles. The maximum absolute atomic E-state index is 11.2. The van der Waals surface area contributed by atoms with E-state index >= 15 is 0 Å². The number of carboxylic acids is 1. The Bertz CT molecular complexity index is 525. The van der Waals surface area contributed by atoms with Gasteiger partial charge in [0.15, 0.2) is 11.5 Å². The van der Waals surface area contributed by atoms with Crippen molar-refractivity contribution in [1.29, 1.82) is 0 Å². The van der Waals surface area contributed by atoms with Crippen LogP contribution >= 0.6 is 0 Å². The first-order chi connectivity index (χ1) is 9.18. The molecule has 1 fully saturated rings. The van der Waals surface area contributed by atoms with E-state index in [1.165, 1.54) is 6.07 Å². The van der Waals surface area contributed by atoms with E-state index < -0.39 is 5.97 Å². The maximum atomic E-state index is 11.2. The molecule has 7 nitrogen and oxygen atoms in total. The number of fused-ring (bicyclic) bond motifs is 1. The molecule has 1 aromatic rings. The van der Waals surface area contributed by atoms with E-state index in [9.17, 15) is 9.90 Å². The van der Waals surface area contributed by atoms with Crippen LogP contribution < -0.4 is 20.1 Å². The number of benzene rings is 1. The molecule has 19 heavy (non-hydrogen) atoms. The lowest BCUT2D eigenvalue weighted by atomic mass is 10.1. The number of hydrogen-bond acceptors (Lipinski definition) is 6. The Labute approximate surface area is 109 Å². The van der Waals surface area contributed by atoms with Crippen molar-refractivity contribution in [3.63, 3.8) is 0 Å². The standard InChI is InChI=1S/C12H14N2O5/c13-9-7(12(15)16)5-8(10-11(9)19-6-18-10)14-1-3-17-4-2-14/h5H,1-4,6,13H2,(H,15,16). The van der Waals surface area contributed by atoms with Crippen molar-refractivity contribution in [3.8, 4) is 11.5 Å². The van der Waals surface area contributed by atoms with Crippen LogP contribution in [0.5, 0.6) is 11.5 Å². The zero-order chi connectivity index (χ0) is 13.4. The Hall–Kier alpha value is -2.15. The van der Waals surface area contributed by atoms with Crippen molar-refractivity contribution >= 4 is 17.3 Å². The van der Waals surface area contributed by atoms with Gasteiger partial charge in [-0.2, -0.15) is 0 Å². The monoisotopic (exact) mass is 266 g/mol. The van der Waals surface area contributed by atoms with E-state index in [1.54, 1.807) is 0 Å². The molecule has 2 aliphatic heterocycles. The van der Waals surface area contributed by atoms with Gasteiger partial charge in [0, 0.05) is 13.1 Å². The molecule has 1 saturated heterocycles. The SMILES string of the molecule is Nc1c(C(=O)O)cc(N2CCOCC2)c2c1OCO2. The van der Waals surface area contributed by atoms with Gasteiger partial charge < -0.3 is 30.0 Å². The van der Waals surface area contributed by atoms with E-state index in [-0.39, 0.29) is 18.0 Å². The normalized spacial score (nSPS) is 17.6. The summed E-state index contributed by atoms with van der Waals surface area (Å²) in [6, 6.07) is 1.54. The lowest BCUT2D eigenvalue weighted by molar-refractivity contribution is 0.0697. The van der Waals surface area contributed by atoms with Crippen LogP contribution in [0.15, 0.2) is 6.07 Å². The molecular weight excluding hydrogens is 252 g/mol. The van der Waals surface area contributed by atoms with Crippen molar-refractivity contribution in [2.75, 3.05) is 43.7 Å². The Morgan fingerprint density at radius 2 is 1.95 bits per heavy atom. The Morgan fingerprint density at radius 3 is 2.63 bits per heavy atom. The quantitative estimate of drug-likeness (QED) is 0.754. The number of morpholine rings is 1. The highest BCUT2D eigenvalue weighted by molar-refractivity contribution is 5.98. The number of nitrogens with two attached hydrogens (primary N) is 1. The van der Waals surface area contributed by atoms with Crippen LogP contribution in [0.25, 0.3) is 0 Å². The molecule has 0 atom stereocenters. The molecule has 102 valence electrons. The molecule has 1 aromatic carbocycles. The van der Waals surface area contributed by atoms with Gasteiger partial charge in [0.2, 0.25) is 6.79 Å². The fourth-order valence-electron chi connectivity index (χ4n) is 2.29. The molecule has 0 amide bonds. The lowest BCUT2D eigenvalue weighted by Gasteiger charge is -2.30. The predicted molar refractivity (Wildman–Crippen MR) is 67.0 cm³/mol. The number of nitrogen functional groups attached to an aromatic ring is 1. The third kappa shape index (κ3) is 1.91. The smallest absolute Gasteiger partial charge is 0.338 e. The second-order valence-corrected chi connectivity index (χ2v) is 4.33. The van der Waals surface area contributed by atoms with Gasteiger partial charge in [-0.25, -0.2) is 4.79 Å². The average Bonchev–Trinajstić information content (AvgIpc) is 2.89. The van der Waals surface area contributed by atoms with Crippen LogP contribution in [0.1, 0.15) is 10.4 Å². The van der Waals surface area contributed by atoms with Gasteiger partial charge in [0.1, 0.15) is 0 Å². The van der Waals surface area contributed by atoms with Gasteiger partial charge in [-0.3, -0.25) is 0 Å². The lowest BCUT2D eigenvalue weighted by Crippen LogP contribution is -2.36. The van der Waals surface area contributed by atoms with Crippen molar-refractivity contribution in [2.24, 2.45) is 0 Å². The summed E-state index contributed by atoms with van der Waals surface area (Å²) in [4.78, 5) is 13.3. The first kappa shape index (κ1) is 11.9. The summed E-state index contributed by atoms with van der Waals surface area (Å²) in [7, 11) is 0. The minimum absolute atomic E-state index is 0.0331. The summed E-state index contributed by atoms with van der Waals surface area (Å²) in [6.07, 6.45) is 0. The summed E-state index contributed by atoms with van der Waals surface area (Å²) >= 11 is 0. The first-order valence-corrected chi connectivity index (χ1v) is 5.96. The third-order valence-electron chi connectivity index (χ3n) is 3.24. The average molecular weight is 266 g/mol. The van der Waals surface area contributed by atoms with E-state index in [4.69, 9.17) is 19.9 Å². The number of carboxylic acid groups (broad SMARTS) is 1. The fraction of sp³-hybridized carbons (Fsp3) is 0.417. The fourth-order valence-corrected chi connectivity index (χ4v) is 2.29. The Kier molecular flexibility index (Phi) is 2.83. The van der Waals surface area contributed by atoms with Crippen molar-refractivity contribution in [3.05, 3.63) is 11.6 Å². The third-order valence-corrected chi connectivity index (χ3v) is 3.24. The molecule has 3 N–H and O–H groups in total. The molecule has 0 spiro atoms. The number of anilines is 2. The van der Waals surface area contributed by atoms with Gasteiger partial charge >= 0.3 is 5.97 Å². The number of ether oxygens (including phenoxy) is 3. The molecule has 0 radical (unpaired) electrons. The van der Waals surface area contributed by atoms with Crippen molar-refractivity contribution in [1.82, 2.24) is 0 Å². The number of aromatic carboxylic acids is 1. The Morgan fingerprint density at radius 1 is 1.26 bits per heavy atom. The summed E-state index contributed by atoms with van der Waals surface area (Å²) in [5, 5.41) is 9.20. The number of carbonyl (C=O) groups is 1. The summed E-state index contributed by atoms with van der Waals surface area (Å²) in [5.74, 6) is -0.240. The topological polar surface area (TPSA) is 94.3 Å². The van der Waals surface area contributed by atoms with E-state index in [0.29, 0.717) is 43.5 Å². The largest absolute Gasteiger partial charge is 0.478 e. The van der Waals surface area contributed by atoms with Crippen molar-refractivity contribution in [2.45, 2.75) is 0 Å². The zero-order valence-corrected chi connectivity index (χ0v) is 10.2. The van der Waals surface area contributed by atoms with E-state index in [1.807, 2.05) is 4.90 Å². The molecule has 3 rings (SSSR count). The highest BCUT2D eigenvalue weighted by atomic mass is 16.7. The molecule has 7 heteroatoms. The minimum atomic E-state index is -1.08. The van der Waals surface area contributed by atoms with Crippen molar-refractivity contribution < 1.29 is 24.1 Å². The van der Waals surface area contributed by atoms with Crippen LogP contribution in [0.4, 0.5) is 11.4 Å². The minimum Gasteiger partial charge on any atom is -0.478 e. The highest BCUT2D eigenvalue weighted by Crippen LogP contribution is 2.47. The molecule has 2 aliphatic rings. The predicted octanol–water partition coefficient (Wildman–Crippen LogP) is 0.532. The molecule has 0 aliphatic carbocycles. The zero-order valence-electron chi connectivity index (χ0n) is 10.2. The van der Waals surface area contributed by atoms with Gasteiger partial charge in [-0.15, -0.1) is 0 Å². The van der Waals surface area contributed by atoms with E-state index in [0.717, 1.165) is 0 Å². The maximum Gasteiger partial charge on any atom is 0.338 e. The van der Waals surface area contributed by atoms with Crippen LogP contribution in [0.2, 0.25) is 0 Å². The molecule has 2 heterocycles. The summed E-state index contributed by atoms with van der Waals surface area (Å²) in [5.41, 5.74) is 6.64. The van der Waals surface area contributed by atoms with Crippen LogP contribution in [-0.2, 0) is 4.74 Å². The second-order valence-electron chi connectivity index (χ2n) is 4.33. The number of rotatable bonds is 2. The number of nitrogens with zero attached hydrogens (tertiary/aromatic N) is 1. The van der Waals surface area contributed by atoms with Crippen LogP contribution in [-0.4, -0.2) is 44.2 Å². The van der Waals surface area contributed by atoms with Gasteiger partial charge in [0.05, 0.1) is 30.2 Å². The molecule has 0 unspecified atom stereocenters.